The van der Waals surface area contributed by atoms with Gasteiger partial charge >= 0.3 is 0 Å². The molecule has 0 unspecified atom stereocenters. The molecular weight excluding hydrogens is 297 g/mol. The van der Waals surface area contributed by atoms with E-state index in [1.165, 1.54) is 12.1 Å². The Hall–Kier alpha value is -3.22. The van der Waals surface area contributed by atoms with E-state index in [4.69, 9.17) is 5.73 Å². The number of halogens is 1. The minimum atomic E-state index is -0.644. The summed E-state index contributed by atoms with van der Waals surface area (Å²) in [6.45, 7) is 0. The van der Waals surface area contributed by atoms with Crippen LogP contribution in [0.2, 0.25) is 0 Å². The Morgan fingerprint density at radius 3 is 2.52 bits per heavy atom. The molecule has 1 amide bonds. The standard InChI is InChI=1S/C16H14FN5O/c1-22(13-4-2-3-11(17)9-13)12-7-5-10(6-8-12)14-15(16(18)23)20-21-19-14/h2-9H,1H3,(H2,18,23)(H,19,20,21). The predicted octanol–water partition coefficient (Wildman–Crippen LogP) is 2.48. The van der Waals surface area contributed by atoms with Gasteiger partial charge in [0.1, 0.15) is 11.5 Å². The third-order valence-electron chi connectivity index (χ3n) is 3.50. The lowest BCUT2D eigenvalue weighted by molar-refractivity contribution is 0.0996. The second-order valence-corrected chi connectivity index (χ2v) is 4.97. The highest BCUT2D eigenvalue weighted by Gasteiger charge is 2.15. The Morgan fingerprint density at radius 2 is 1.87 bits per heavy atom. The topological polar surface area (TPSA) is 87.9 Å². The van der Waals surface area contributed by atoms with Crippen molar-refractivity contribution in [3.8, 4) is 11.3 Å². The molecule has 23 heavy (non-hydrogen) atoms. The van der Waals surface area contributed by atoms with Gasteiger partial charge in [-0.05, 0) is 30.3 Å². The fourth-order valence-electron chi connectivity index (χ4n) is 2.28. The van der Waals surface area contributed by atoms with Crippen molar-refractivity contribution in [3.63, 3.8) is 0 Å². The summed E-state index contributed by atoms with van der Waals surface area (Å²) >= 11 is 0. The average molecular weight is 311 g/mol. The fraction of sp³-hybridized carbons (Fsp3) is 0.0625. The molecule has 0 spiro atoms. The molecule has 0 atom stereocenters. The summed E-state index contributed by atoms with van der Waals surface area (Å²) in [4.78, 5) is 13.2. The van der Waals surface area contributed by atoms with Crippen LogP contribution in [0.3, 0.4) is 0 Å². The van der Waals surface area contributed by atoms with E-state index < -0.39 is 5.91 Å². The summed E-state index contributed by atoms with van der Waals surface area (Å²) in [5.74, 6) is -0.936. The summed E-state index contributed by atoms with van der Waals surface area (Å²) in [5.41, 5.74) is 8.06. The first-order chi connectivity index (χ1) is 11.1. The van der Waals surface area contributed by atoms with Gasteiger partial charge in [-0.3, -0.25) is 4.79 Å². The van der Waals surface area contributed by atoms with Crippen LogP contribution in [0.1, 0.15) is 10.5 Å². The van der Waals surface area contributed by atoms with Gasteiger partial charge in [-0.25, -0.2) is 4.39 Å². The van der Waals surface area contributed by atoms with Crippen LogP contribution < -0.4 is 10.6 Å². The van der Waals surface area contributed by atoms with Crippen molar-refractivity contribution in [1.82, 2.24) is 15.4 Å². The van der Waals surface area contributed by atoms with Crippen molar-refractivity contribution >= 4 is 17.3 Å². The zero-order chi connectivity index (χ0) is 16.4. The van der Waals surface area contributed by atoms with Gasteiger partial charge in [-0.2, -0.15) is 15.4 Å². The van der Waals surface area contributed by atoms with Crippen molar-refractivity contribution < 1.29 is 9.18 Å². The number of aromatic nitrogens is 3. The molecule has 116 valence electrons. The van der Waals surface area contributed by atoms with E-state index in [1.54, 1.807) is 18.2 Å². The molecule has 0 radical (unpaired) electrons. The number of nitrogens with one attached hydrogen (secondary N) is 1. The number of aromatic amines is 1. The number of carbonyl (C=O) groups is 1. The maximum absolute atomic E-state index is 13.3. The van der Waals surface area contributed by atoms with Gasteiger partial charge in [0.05, 0.1) is 0 Å². The first kappa shape index (κ1) is 14.7. The second kappa shape index (κ2) is 5.88. The molecular formula is C16H14FN5O. The lowest BCUT2D eigenvalue weighted by atomic mass is 10.1. The smallest absolute Gasteiger partial charge is 0.271 e. The van der Waals surface area contributed by atoms with Gasteiger partial charge in [0.2, 0.25) is 0 Å². The quantitative estimate of drug-likeness (QED) is 0.775. The summed E-state index contributed by atoms with van der Waals surface area (Å²) in [5, 5.41) is 10.1. The van der Waals surface area contributed by atoms with Crippen LogP contribution in [0, 0.1) is 5.82 Å². The van der Waals surface area contributed by atoms with Crippen LogP contribution >= 0.6 is 0 Å². The number of H-pyrrole nitrogens is 1. The fourth-order valence-corrected chi connectivity index (χ4v) is 2.28. The minimum Gasteiger partial charge on any atom is -0.364 e. The monoisotopic (exact) mass is 311 g/mol. The zero-order valence-corrected chi connectivity index (χ0v) is 12.3. The lowest BCUT2D eigenvalue weighted by Gasteiger charge is -2.19. The molecule has 0 saturated carbocycles. The van der Waals surface area contributed by atoms with Crippen LogP contribution in [0.25, 0.3) is 11.3 Å². The van der Waals surface area contributed by atoms with E-state index >= 15 is 0 Å². The zero-order valence-electron chi connectivity index (χ0n) is 12.3. The molecule has 3 N–H and O–H groups in total. The summed E-state index contributed by atoms with van der Waals surface area (Å²) in [7, 11) is 1.84. The van der Waals surface area contributed by atoms with E-state index in [0.717, 1.165) is 11.4 Å². The van der Waals surface area contributed by atoms with Crippen LogP contribution in [-0.2, 0) is 0 Å². The van der Waals surface area contributed by atoms with Crippen LogP contribution in [0.15, 0.2) is 48.5 Å². The highest BCUT2D eigenvalue weighted by atomic mass is 19.1. The van der Waals surface area contributed by atoms with Gasteiger partial charge in [0.15, 0.2) is 5.69 Å². The predicted molar refractivity (Wildman–Crippen MR) is 84.8 cm³/mol. The molecule has 7 heteroatoms. The number of nitrogens with two attached hydrogens (primary N) is 1. The Morgan fingerprint density at radius 1 is 1.13 bits per heavy atom. The number of hydrogen-bond acceptors (Lipinski definition) is 4. The van der Waals surface area contributed by atoms with Gasteiger partial charge in [0.25, 0.3) is 5.91 Å². The third kappa shape index (κ3) is 2.89. The number of hydrogen-bond donors (Lipinski definition) is 2. The molecule has 2 aromatic carbocycles. The van der Waals surface area contributed by atoms with Gasteiger partial charge < -0.3 is 10.6 Å². The maximum atomic E-state index is 13.3. The molecule has 0 saturated heterocycles. The molecule has 6 nitrogen and oxygen atoms in total. The summed E-state index contributed by atoms with van der Waals surface area (Å²) in [6.07, 6.45) is 0. The number of nitrogens with zero attached hydrogens (tertiary/aromatic N) is 3. The first-order valence-corrected chi connectivity index (χ1v) is 6.86. The number of primary amides is 1. The summed E-state index contributed by atoms with van der Waals surface area (Å²) in [6, 6.07) is 13.6. The van der Waals surface area contributed by atoms with Crippen LogP contribution in [0.4, 0.5) is 15.8 Å². The molecule has 3 aromatic rings. The maximum Gasteiger partial charge on any atom is 0.271 e. The number of carbonyl (C=O) groups excluding carboxylic acids is 1. The molecule has 0 aliphatic rings. The Labute approximate surface area is 131 Å². The van der Waals surface area contributed by atoms with E-state index in [0.29, 0.717) is 11.3 Å². The van der Waals surface area contributed by atoms with Crippen molar-refractivity contribution in [2.24, 2.45) is 5.73 Å². The van der Waals surface area contributed by atoms with E-state index in [-0.39, 0.29) is 11.5 Å². The highest BCUT2D eigenvalue weighted by molar-refractivity contribution is 5.96. The largest absolute Gasteiger partial charge is 0.364 e. The molecule has 0 aliphatic carbocycles. The Balaban J connectivity index is 1.90. The van der Waals surface area contributed by atoms with Gasteiger partial charge in [-0.15, -0.1) is 0 Å². The van der Waals surface area contributed by atoms with Crippen LogP contribution in [-0.4, -0.2) is 28.4 Å². The molecule has 3 rings (SSSR count). The van der Waals surface area contributed by atoms with Gasteiger partial charge in [0, 0.05) is 24.0 Å². The lowest BCUT2D eigenvalue weighted by Crippen LogP contribution is -2.13. The number of anilines is 2. The van der Waals surface area contributed by atoms with E-state index in [1.807, 2.05) is 30.1 Å². The average Bonchev–Trinajstić information content (AvgIpc) is 3.04. The van der Waals surface area contributed by atoms with Crippen molar-refractivity contribution in [1.29, 1.82) is 0 Å². The molecule has 0 bridgehead atoms. The minimum absolute atomic E-state index is 0.0937. The number of amides is 1. The normalized spacial score (nSPS) is 10.5. The van der Waals surface area contributed by atoms with Crippen LogP contribution in [0.5, 0.6) is 0 Å². The molecule has 0 fully saturated rings. The second-order valence-electron chi connectivity index (χ2n) is 4.97. The Kier molecular flexibility index (Phi) is 3.76. The van der Waals surface area contributed by atoms with Crippen molar-refractivity contribution in [2.45, 2.75) is 0 Å². The third-order valence-corrected chi connectivity index (χ3v) is 3.50. The first-order valence-electron chi connectivity index (χ1n) is 6.86. The molecule has 1 heterocycles. The number of rotatable bonds is 4. The number of benzene rings is 2. The Bertz CT molecular complexity index is 844. The SMILES string of the molecule is CN(c1ccc(-c2n[nH]nc2C(N)=O)cc1)c1cccc(F)c1. The molecule has 0 aliphatic heterocycles. The van der Waals surface area contributed by atoms with Crippen molar-refractivity contribution in [3.05, 3.63) is 60.0 Å². The van der Waals surface area contributed by atoms with Crippen molar-refractivity contribution in [2.75, 3.05) is 11.9 Å². The molecule has 1 aromatic heterocycles. The summed E-state index contributed by atoms with van der Waals surface area (Å²) < 4.78 is 13.3. The van der Waals surface area contributed by atoms with E-state index in [2.05, 4.69) is 15.4 Å². The highest BCUT2D eigenvalue weighted by Crippen LogP contribution is 2.27. The van der Waals surface area contributed by atoms with Gasteiger partial charge in [-0.1, -0.05) is 18.2 Å². The van der Waals surface area contributed by atoms with E-state index in [9.17, 15) is 9.18 Å².